The van der Waals surface area contributed by atoms with Gasteiger partial charge in [0.15, 0.2) is 5.82 Å². The van der Waals surface area contributed by atoms with Gasteiger partial charge in [0.05, 0.1) is 6.21 Å². The zero-order valence-corrected chi connectivity index (χ0v) is 10.8. The van der Waals surface area contributed by atoms with Gasteiger partial charge in [-0.2, -0.15) is 9.78 Å². The van der Waals surface area contributed by atoms with Gasteiger partial charge in [-0.25, -0.2) is 0 Å². The molecule has 0 spiro atoms. The Kier molecular flexibility index (Phi) is 2.98. The SMILES string of the molecule is CCc1nnc2n1N=C/C(=C/c1ccccc1)S2. The summed E-state index contributed by atoms with van der Waals surface area (Å²) in [6.07, 6.45) is 4.79. The molecule has 2 heterocycles. The predicted octanol–water partition coefficient (Wildman–Crippen LogP) is 2.82. The summed E-state index contributed by atoms with van der Waals surface area (Å²) >= 11 is 1.59. The smallest absolute Gasteiger partial charge is 0.191 e. The lowest BCUT2D eigenvalue weighted by Gasteiger charge is -2.08. The van der Waals surface area contributed by atoms with Crippen molar-refractivity contribution in [2.75, 3.05) is 0 Å². The van der Waals surface area contributed by atoms with E-state index in [1.165, 1.54) is 0 Å². The van der Waals surface area contributed by atoms with Crippen LogP contribution in [0.1, 0.15) is 18.3 Å². The third kappa shape index (κ3) is 2.09. The van der Waals surface area contributed by atoms with E-state index in [0.29, 0.717) is 0 Å². The van der Waals surface area contributed by atoms with E-state index in [1.807, 2.05) is 31.3 Å². The third-order valence-electron chi connectivity index (χ3n) is 2.61. The molecule has 0 saturated heterocycles. The van der Waals surface area contributed by atoms with E-state index in [0.717, 1.165) is 27.9 Å². The van der Waals surface area contributed by atoms with Crippen LogP contribution in [0.5, 0.6) is 0 Å². The normalized spacial score (nSPS) is 15.9. The number of thioether (sulfide) groups is 1. The minimum atomic E-state index is 0.830. The Hall–Kier alpha value is -1.88. The third-order valence-corrected chi connectivity index (χ3v) is 3.51. The molecule has 1 aliphatic heterocycles. The van der Waals surface area contributed by atoms with Crippen LogP contribution in [0, 0.1) is 0 Å². The number of fused-ring (bicyclic) bond motifs is 1. The summed E-state index contributed by atoms with van der Waals surface area (Å²) in [5.41, 5.74) is 1.16. The Morgan fingerprint density at radius 2 is 2.06 bits per heavy atom. The second kappa shape index (κ2) is 4.78. The van der Waals surface area contributed by atoms with E-state index in [9.17, 15) is 0 Å². The van der Waals surface area contributed by atoms with E-state index in [-0.39, 0.29) is 0 Å². The van der Waals surface area contributed by atoms with Gasteiger partial charge in [0.2, 0.25) is 5.16 Å². The molecule has 2 aromatic rings. The largest absolute Gasteiger partial charge is 0.216 e. The first-order valence-corrected chi connectivity index (χ1v) is 6.61. The second-order valence-electron chi connectivity index (χ2n) is 3.87. The average Bonchev–Trinajstić information content (AvgIpc) is 2.82. The van der Waals surface area contributed by atoms with Crippen molar-refractivity contribution in [2.45, 2.75) is 18.5 Å². The van der Waals surface area contributed by atoms with Crippen molar-refractivity contribution in [3.8, 4) is 0 Å². The maximum Gasteiger partial charge on any atom is 0.216 e. The monoisotopic (exact) mass is 256 g/mol. The van der Waals surface area contributed by atoms with Crippen molar-refractivity contribution in [3.63, 3.8) is 0 Å². The minimum absolute atomic E-state index is 0.830. The van der Waals surface area contributed by atoms with Crippen LogP contribution < -0.4 is 0 Å². The lowest BCUT2D eigenvalue weighted by Crippen LogP contribution is -2.02. The highest BCUT2D eigenvalue weighted by Crippen LogP contribution is 2.29. The van der Waals surface area contributed by atoms with E-state index in [4.69, 9.17) is 0 Å². The van der Waals surface area contributed by atoms with Gasteiger partial charge in [-0.15, -0.1) is 10.2 Å². The highest BCUT2D eigenvalue weighted by Gasteiger charge is 2.15. The molecule has 18 heavy (non-hydrogen) atoms. The van der Waals surface area contributed by atoms with Crippen LogP contribution in [-0.2, 0) is 6.42 Å². The summed E-state index contributed by atoms with van der Waals surface area (Å²) < 4.78 is 1.80. The highest BCUT2D eigenvalue weighted by atomic mass is 32.2. The number of allylic oxidation sites excluding steroid dienone is 1. The second-order valence-corrected chi connectivity index (χ2v) is 4.91. The Morgan fingerprint density at radius 1 is 1.22 bits per heavy atom. The summed E-state index contributed by atoms with van der Waals surface area (Å²) in [6, 6.07) is 10.2. The maximum atomic E-state index is 4.38. The van der Waals surface area contributed by atoms with Crippen molar-refractivity contribution in [1.82, 2.24) is 14.9 Å². The van der Waals surface area contributed by atoms with Gasteiger partial charge >= 0.3 is 0 Å². The Labute approximate surface area is 109 Å². The highest BCUT2D eigenvalue weighted by molar-refractivity contribution is 8.04. The molecule has 0 amide bonds. The molecule has 1 aromatic carbocycles. The van der Waals surface area contributed by atoms with Crippen LogP contribution in [0.4, 0.5) is 0 Å². The van der Waals surface area contributed by atoms with E-state index >= 15 is 0 Å². The molecule has 0 atom stereocenters. The minimum Gasteiger partial charge on any atom is -0.191 e. The van der Waals surface area contributed by atoms with Gasteiger partial charge < -0.3 is 0 Å². The molecule has 0 fully saturated rings. The van der Waals surface area contributed by atoms with Gasteiger partial charge in [-0.3, -0.25) is 0 Å². The summed E-state index contributed by atoms with van der Waals surface area (Å²) in [5, 5.41) is 13.5. The fourth-order valence-corrected chi connectivity index (χ4v) is 2.55. The Balaban J connectivity index is 1.90. The number of nitrogens with zero attached hydrogens (tertiary/aromatic N) is 4. The number of benzene rings is 1. The van der Waals surface area contributed by atoms with Crippen molar-refractivity contribution in [3.05, 3.63) is 46.6 Å². The Bertz CT molecular complexity index is 613. The summed E-state index contributed by atoms with van der Waals surface area (Å²) in [5.74, 6) is 0.896. The van der Waals surface area contributed by atoms with Crippen LogP contribution in [0.25, 0.3) is 6.08 Å². The molecule has 1 aliphatic rings. The molecular weight excluding hydrogens is 244 g/mol. The summed E-state index contributed by atoms with van der Waals surface area (Å²) in [6.45, 7) is 2.05. The standard InChI is InChI=1S/C13H12N4S/c1-2-12-15-16-13-17(12)14-9-11(18-13)8-10-6-4-3-5-7-10/h3-9H,2H2,1H3/b11-8-. The van der Waals surface area contributed by atoms with Crippen LogP contribution in [-0.4, -0.2) is 21.1 Å². The number of hydrogen-bond donors (Lipinski definition) is 0. The molecule has 0 bridgehead atoms. The Morgan fingerprint density at radius 3 is 2.83 bits per heavy atom. The molecular formula is C13H12N4S. The maximum absolute atomic E-state index is 4.38. The van der Waals surface area contributed by atoms with Crippen molar-refractivity contribution in [2.24, 2.45) is 5.10 Å². The molecule has 0 radical (unpaired) electrons. The van der Waals surface area contributed by atoms with Gasteiger partial charge in [0.1, 0.15) is 0 Å². The topological polar surface area (TPSA) is 43.1 Å². The van der Waals surface area contributed by atoms with Crippen molar-refractivity contribution < 1.29 is 0 Å². The molecule has 0 unspecified atom stereocenters. The zero-order valence-electron chi connectivity index (χ0n) is 9.95. The molecule has 1 aromatic heterocycles. The number of aryl methyl sites for hydroxylation is 1. The molecule has 0 saturated carbocycles. The van der Waals surface area contributed by atoms with E-state index in [2.05, 4.69) is 33.5 Å². The van der Waals surface area contributed by atoms with Crippen LogP contribution in [0.15, 0.2) is 45.5 Å². The number of rotatable bonds is 2. The van der Waals surface area contributed by atoms with Crippen LogP contribution >= 0.6 is 11.8 Å². The number of hydrogen-bond acceptors (Lipinski definition) is 4. The molecule has 5 heteroatoms. The lowest BCUT2D eigenvalue weighted by molar-refractivity contribution is 0.720. The molecule has 90 valence electrons. The summed E-state index contributed by atoms with van der Waals surface area (Å²) in [4.78, 5) is 1.07. The predicted molar refractivity (Wildman–Crippen MR) is 73.6 cm³/mol. The first-order chi connectivity index (χ1) is 8.86. The fraction of sp³-hybridized carbons (Fsp3) is 0.154. The lowest BCUT2D eigenvalue weighted by atomic mass is 10.2. The van der Waals surface area contributed by atoms with Gasteiger partial charge in [0.25, 0.3) is 0 Å². The van der Waals surface area contributed by atoms with Gasteiger partial charge in [-0.05, 0) is 23.4 Å². The zero-order chi connectivity index (χ0) is 12.4. The van der Waals surface area contributed by atoms with Crippen LogP contribution in [0.2, 0.25) is 0 Å². The molecule has 3 rings (SSSR count). The molecule has 0 N–H and O–H groups in total. The molecule has 0 aliphatic carbocycles. The summed E-state index contributed by atoms with van der Waals surface area (Å²) in [7, 11) is 0. The first-order valence-electron chi connectivity index (χ1n) is 5.80. The van der Waals surface area contributed by atoms with Crippen molar-refractivity contribution in [1.29, 1.82) is 0 Å². The van der Waals surface area contributed by atoms with Gasteiger partial charge in [-0.1, -0.05) is 37.3 Å². The van der Waals surface area contributed by atoms with Gasteiger partial charge in [0, 0.05) is 11.3 Å². The first kappa shape index (κ1) is 11.2. The average molecular weight is 256 g/mol. The molecule has 4 nitrogen and oxygen atoms in total. The van der Waals surface area contributed by atoms with E-state index < -0.39 is 0 Å². The fourth-order valence-electron chi connectivity index (χ4n) is 1.72. The van der Waals surface area contributed by atoms with E-state index in [1.54, 1.807) is 16.4 Å². The van der Waals surface area contributed by atoms with Crippen molar-refractivity contribution >= 4 is 24.1 Å². The number of aromatic nitrogens is 3. The van der Waals surface area contributed by atoms with Crippen LogP contribution in [0.3, 0.4) is 0 Å². The quantitative estimate of drug-likeness (QED) is 0.829.